The lowest BCUT2D eigenvalue weighted by atomic mass is 10.1. The topological polar surface area (TPSA) is 59.1 Å². The minimum atomic E-state index is -0.678. The number of ether oxygens (including phenoxy) is 2. The first kappa shape index (κ1) is 19.4. The summed E-state index contributed by atoms with van der Waals surface area (Å²) in [6.07, 6.45) is 4.37. The van der Waals surface area contributed by atoms with Gasteiger partial charge in [0.15, 0.2) is 6.10 Å². The van der Waals surface area contributed by atoms with Crippen molar-refractivity contribution in [1.82, 2.24) is 4.90 Å². The zero-order valence-electron chi connectivity index (χ0n) is 15.9. The van der Waals surface area contributed by atoms with Crippen molar-refractivity contribution < 1.29 is 19.1 Å². The predicted molar refractivity (Wildman–Crippen MR) is 104 cm³/mol. The van der Waals surface area contributed by atoms with E-state index in [2.05, 4.69) is 6.58 Å². The molecule has 27 heavy (non-hydrogen) atoms. The van der Waals surface area contributed by atoms with E-state index in [1.165, 1.54) is 0 Å². The number of piperidine rings is 1. The number of benzene rings is 1. The van der Waals surface area contributed by atoms with E-state index in [0.29, 0.717) is 24.5 Å². The summed E-state index contributed by atoms with van der Waals surface area (Å²) in [5.74, 6) is 0.360. The number of nitrogens with zero attached hydrogens (tertiary/aromatic N) is 2. The van der Waals surface area contributed by atoms with Crippen LogP contribution in [0.2, 0.25) is 0 Å². The number of carbonyl (C=O) groups excluding carboxylic acids is 2. The number of likely N-dealkylation sites (tertiary alicyclic amines) is 1. The molecule has 6 nitrogen and oxygen atoms in total. The van der Waals surface area contributed by atoms with Gasteiger partial charge in [0.1, 0.15) is 11.9 Å². The van der Waals surface area contributed by atoms with E-state index in [1.54, 1.807) is 24.0 Å². The summed E-state index contributed by atoms with van der Waals surface area (Å²) in [6, 6.07) is 7.34. The van der Waals surface area contributed by atoms with E-state index in [9.17, 15) is 9.59 Å². The average molecular weight is 372 g/mol. The molecule has 0 N–H and O–H groups in total. The fraction of sp³-hybridized carbons (Fsp3) is 0.524. The highest BCUT2D eigenvalue weighted by Crippen LogP contribution is 2.34. The lowest BCUT2D eigenvalue weighted by Crippen LogP contribution is -2.54. The summed E-state index contributed by atoms with van der Waals surface area (Å²) in [5, 5.41) is 0. The molecule has 1 saturated heterocycles. The lowest BCUT2D eigenvalue weighted by molar-refractivity contribution is -0.140. The van der Waals surface area contributed by atoms with Gasteiger partial charge in [0, 0.05) is 13.1 Å². The molecule has 0 aromatic heterocycles. The van der Waals surface area contributed by atoms with Crippen LogP contribution in [-0.2, 0) is 14.3 Å². The van der Waals surface area contributed by atoms with Crippen LogP contribution in [0.4, 0.5) is 5.69 Å². The number of hydrogen-bond donors (Lipinski definition) is 0. The molecule has 2 heterocycles. The van der Waals surface area contributed by atoms with Gasteiger partial charge in [-0.1, -0.05) is 18.2 Å². The first-order valence-electron chi connectivity index (χ1n) is 9.70. The monoisotopic (exact) mass is 372 g/mol. The number of anilines is 1. The smallest absolute Gasteiger partial charge is 0.265 e. The van der Waals surface area contributed by atoms with Crippen LogP contribution in [0.1, 0.15) is 32.6 Å². The van der Waals surface area contributed by atoms with Gasteiger partial charge in [-0.05, 0) is 44.7 Å². The largest absolute Gasteiger partial charge is 0.476 e. The minimum Gasteiger partial charge on any atom is -0.476 e. The molecule has 0 saturated carbocycles. The maximum atomic E-state index is 13.0. The SMILES string of the molecule is C=CCCOC(C)C(=O)N1CC(C(=O)N2CCCCC2)Oc2ccccc21. The Hall–Kier alpha value is -2.34. The molecule has 2 aliphatic rings. The molecule has 0 radical (unpaired) electrons. The van der Waals surface area contributed by atoms with Gasteiger partial charge in [-0.3, -0.25) is 9.59 Å². The van der Waals surface area contributed by atoms with E-state index in [1.807, 2.05) is 23.1 Å². The molecule has 3 rings (SSSR count). The number of carbonyl (C=O) groups is 2. The van der Waals surface area contributed by atoms with Gasteiger partial charge in [-0.2, -0.15) is 0 Å². The Morgan fingerprint density at radius 1 is 1.30 bits per heavy atom. The summed E-state index contributed by atoms with van der Waals surface area (Å²) >= 11 is 0. The number of fused-ring (bicyclic) bond motifs is 1. The van der Waals surface area contributed by atoms with Crippen LogP contribution in [0, 0.1) is 0 Å². The summed E-state index contributed by atoms with van der Waals surface area (Å²) < 4.78 is 11.6. The van der Waals surface area contributed by atoms with Crippen molar-refractivity contribution in [2.24, 2.45) is 0 Å². The zero-order valence-corrected chi connectivity index (χ0v) is 15.9. The third-order valence-electron chi connectivity index (χ3n) is 5.02. The van der Waals surface area contributed by atoms with Crippen LogP contribution in [0.5, 0.6) is 5.75 Å². The third kappa shape index (κ3) is 4.50. The summed E-state index contributed by atoms with van der Waals surface area (Å²) in [7, 11) is 0. The van der Waals surface area contributed by atoms with Crippen molar-refractivity contribution in [2.75, 3.05) is 31.1 Å². The number of para-hydroxylation sites is 2. The van der Waals surface area contributed by atoms with Crippen molar-refractivity contribution in [3.05, 3.63) is 36.9 Å². The Kier molecular flexibility index (Phi) is 6.50. The molecule has 2 aliphatic heterocycles. The number of amides is 2. The molecule has 1 aromatic rings. The van der Waals surface area contributed by atoms with Crippen molar-refractivity contribution in [3.8, 4) is 5.75 Å². The third-order valence-corrected chi connectivity index (χ3v) is 5.02. The molecular formula is C21H28N2O4. The highest BCUT2D eigenvalue weighted by molar-refractivity contribution is 5.99. The fourth-order valence-corrected chi connectivity index (χ4v) is 3.51. The Labute approximate surface area is 160 Å². The van der Waals surface area contributed by atoms with Crippen LogP contribution >= 0.6 is 0 Å². The van der Waals surface area contributed by atoms with Crippen molar-refractivity contribution in [1.29, 1.82) is 0 Å². The van der Waals surface area contributed by atoms with E-state index in [4.69, 9.17) is 9.47 Å². The maximum absolute atomic E-state index is 13.0. The van der Waals surface area contributed by atoms with E-state index in [-0.39, 0.29) is 18.4 Å². The van der Waals surface area contributed by atoms with Crippen LogP contribution in [0.25, 0.3) is 0 Å². The van der Waals surface area contributed by atoms with Crippen molar-refractivity contribution >= 4 is 17.5 Å². The second-order valence-corrected chi connectivity index (χ2v) is 7.00. The van der Waals surface area contributed by atoms with Gasteiger partial charge in [0.2, 0.25) is 0 Å². The maximum Gasteiger partial charge on any atom is 0.265 e. The molecule has 0 aliphatic carbocycles. The first-order chi connectivity index (χ1) is 13.1. The standard InChI is InChI=1S/C21H28N2O4/c1-3-4-14-26-16(2)20(24)23-15-19(21(25)22-12-8-5-9-13-22)27-18-11-7-6-10-17(18)23/h3,6-7,10-11,16,19H,1,4-5,8-9,12-15H2,2H3. The average Bonchev–Trinajstić information content (AvgIpc) is 2.72. The highest BCUT2D eigenvalue weighted by atomic mass is 16.5. The molecule has 1 aromatic carbocycles. The Balaban J connectivity index is 1.76. The lowest BCUT2D eigenvalue weighted by Gasteiger charge is -2.38. The van der Waals surface area contributed by atoms with Crippen LogP contribution in [-0.4, -0.2) is 55.2 Å². The van der Waals surface area contributed by atoms with E-state index < -0.39 is 12.2 Å². The van der Waals surface area contributed by atoms with E-state index in [0.717, 1.165) is 32.4 Å². The summed E-state index contributed by atoms with van der Waals surface area (Å²) in [6.45, 7) is 7.57. The number of rotatable bonds is 6. The van der Waals surface area contributed by atoms with Crippen LogP contribution in [0.3, 0.4) is 0 Å². The van der Waals surface area contributed by atoms with Gasteiger partial charge in [-0.25, -0.2) is 0 Å². The molecule has 6 heteroatoms. The second kappa shape index (κ2) is 9.04. The quantitative estimate of drug-likeness (QED) is 0.569. The van der Waals surface area contributed by atoms with Gasteiger partial charge in [0.05, 0.1) is 18.8 Å². The van der Waals surface area contributed by atoms with Crippen molar-refractivity contribution in [2.45, 2.75) is 44.8 Å². The van der Waals surface area contributed by atoms with Gasteiger partial charge < -0.3 is 19.3 Å². The minimum absolute atomic E-state index is 0.0396. The molecule has 0 spiro atoms. The molecule has 2 amide bonds. The Morgan fingerprint density at radius 2 is 2.04 bits per heavy atom. The van der Waals surface area contributed by atoms with Crippen LogP contribution in [0.15, 0.2) is 36.9 Å². The summed E-state index contributed by atoms with van der Waals surface area (Å²) in [4.78, 5) is 29.4. The predicted octanol–water partition coefficient (Wildman–Crippen LogP) is 2.77. The number of hydrogen-bond acceptors (Lipinski definition) is 4. The molecule has 0 bridgehead atoms. The zero-order chi connectivity index (χ0) is 19.2. The second-order valence-electron chi connectivity index (χ2n) is 7.00. The van der Waals surface area contributed by atoms with Gasteiger partial charge in [-0.15, -0.1) is 6.58 Å². The molecular weight excluding hydrogens is 344 g/mol. The fourth-order valence-electron chi connectivity index (χ4n) is 3.51. The van der Waals surface area contributed by atoms with E-state index >= 15 is 0 Å². The van der Waals surface area contributed by atoms with Gasteiger partial charge >= 0.3 is 0 Å². The highest BCUT2D eigenvalue weighted by Gasteiger charge is 2.37. The molecule has 2 atom stereocenters. The van der Waals surface area contributed by atoms with Gasteiger partial charge in [0.25, 0.3) is 11.8 Å². The first-order valence-corrected chi connectivity index (χ1v) is 9.70. The molecule has 2 unspecified atom stereocenters. The summed E-state index contributed by atoms with van der Waals surface area (Å²) in [5.41, 5.74) is 0.685. The Morgan fingerprint density at radius 3 is 2.78 bits per heavy atom. The Bertz CT molecular complexity index is 685. The molecule has 1 fully saturated rings. The normalized spacial score (nSPS) is 20.4. The van der Waals surface area contributed by atoms with Crippen LogP contribution < -0.4 is 9.64 Å². The van der Waals surface area contributed by atoms with Crippen molar-refractivity contribution in [3.63, 3.8) is 0 Å². The molecule has 146 valence electrons.